The Morgan fingerprint density at radius 1 is 1.17 bits per heavy atom. The van der Waals surface area contributed by atoms with E-state index in [1.807, 2.05) is 53.4 Å². The van der Waals surface area contributed by atoms with Crippen LogP contribution in [-0.4, -0.2) is 15.9 Å². The highest BCUT2D eigenvalue weighted by Gasteiger charge is 2.05. The number of phenolic OH excluding ortho intramolecular Hbond substituents is 1. The van der Waals surface area contributed by atoms with E-state index in [0.717, 1.165) is 21.6 Å². The molecule has 0 saturated heterocycles. The van der Waals surface area contributed by atoms with E-state index in [0.29, 0.717) is 5.02 Å². The summed E-state index contributed by atoms with van der Waals surface area (Å²) in [7, 11) is 1.92. The van der Waals surface area contributed by atoms with E-state index in [2.05, 4.69) is 10.2 Å². The first-order chi connectivity index (χ1) is 11.1. The molecule has 0 atom stereocenters. The van der Waals surface area contributed by atoms with Gasteiger partial charge in [0.15, 0.2) is 0 Å². The van der Waals surface area contributed by atoms with Crippen molar-refractivity contribution in [3.63, 3.8) is 0 Å². The Morgan fingerprint density at radius 3 is 2.78 bits per heavy atom. The molecule has 1 N–H and O–H groups in total. The predicted octanol–water partition coefficient (Wildman–Crippen LogP) is 4.05. The van der Waals surface area contributed by atoms with Crippen molar-refractivity contribution < 1.29 is 5.11 Å². The average molecular weight is 344 g/mol. The first-order valence-electron chi connectivity index (χ1n) is 6.90. The van der Waals surface area contributed by atoms with Gasteiger partial charge in [0, 0.05) is 28.6 Å². The number of benzene rings is 2. The van der Waals surface area contributed by atoms with Crippen molar-refractivity contribution in [1.82, 2.24) is 4.57 Å². The molecule has 0 bridgehead atoms. The number of aromatic hydroxyl groups is 1. The minimum atomic E-state index is 0.240. The molecule has 0 amide bonds. The summed E-state index contributed by atoms with van der Waals surface area (Å²) < 4.78 is 1.93. The van der Waals surface area contributed by atoms with Gasteiger partial charge in [-0.3, -0.25) is 0 Å². The molecule has 0 saturated carbocycles. The molecule has 116 valence electrons. The highest BCUT2D eigenvalue weighted by molar-refractivity contribution is 7.07. The van der Waals surface area contributed by atoms with Gasteiger partial charge in [-0.25, -0.2) is 0 Å². The Hall–Kier alpha value is -2.37. The van der Waals surface area contributed by atoms with Crippen LogP contribution in [0.4, 0.5) is 0 Å². The van der Waals surface area contributed by atoms with Crippen LogP contribution in [0.3, 0.4) is 0 Å². The molecular weight excluding hydrogens is 330 g/mol. The zero-order valence-electron chi connectivity index (χ0n) is 12.3. The highest BCUT2D eigenvalue weighted by Crippen LogP contribution is 2.22. The SMILES string of the molecule is Cn1c(-c2cccc(O)c2)csc1=NN=Cc1ccccc1Cl. The fourth-order valence-electron chi connectivity index (χ4n) is 2.11. The lowest BCUT2D eigenvalue weighted by atomic mass is 10.1. The van der Waals surface area contributed by atoms with Crippen LogP contribution in [0.2, 0.25) is 5.02 Å². The second-order valence-electron chi connectivity index (χ2n) is 4.88. The highest BCUT2D eigenvalue weighted by atomic mass is 35.5. The molecule has 1 heterocycles. The average Bonchev–Trinajstić information content (AvgIpc) is 2.90. The minimum absolute atomic E-state index is 0.240. The fraction of sp³-hybridized carbons (Fsp3) is 0.0588. The first-order valence-corrected chi connectivity index (χ1v) is 8.16. The molecule has 23 heavy (non-hydrogen) atoms. The summed E-state index contributed by atoms with van der Waals surface area (Å²) in [6.07, 6.45) is 1.63. The maximum absolute atomic E-state index is 9.60. The van der Waals surface area contributed by atoms with Crippen LogP contribution in [-0.2, 0) is 7.05 Å². The summed E-state index contributed by atoms with van der Waals surface area (Å²) in [6, 6.07) is 14.6. The normalized spacial score (nSPS) is 12.2. The Balaban J connectivity index is 1.92. The van der Waals surface area contributed by atoms with Crippen LogP contribution in [0, 0.1) is 0 Å². The summed E-state index contributed by atoms with van der Waals surface area (Å²) >= 11 is 7.56. The summed E-state index contributed by atoms with van der Waals surface area (Å²) in [4.78, 5) is 0.756. The van der Waals surface area contributed by atoms with Gasteiger partial charge in [0.05, 0.1) is 11.9 Å². The van der Waals surface area contributed by atoms with Crippen LogP contribution < -0.4 is 4.80 Å². The van der Waals surface area contributed by atoms with Crippen molar-refractivity contribution >= 4 is 29.2 Å². The van der Waals surface area contributed by atoms with Crippen molar-refractivity contribution in [2.24, 2.45) is 17.3 Å². The molecular formula is C17H14ClN3OS. The van der Waals surface area contributed by atoms with Gasteiger partial charge in [-0.2, -0.15) is 5.10 Å². The molecule has 1 aromatic heterocycles. The number of hydrogen-bond donors (Lipinski definition) is 1. The Bertz CT molecular complexity index is 927. The van der Waals surface area contributed by atoms with E-state index in [9.17, 15) is 5.11 Å². The minimum Gasteiger partial charge on any atom is -0.508 e. The predicted molar refractivity (Wildman–Crippen MR) is 95.0 cm³/mol. The van der Waals surface area contributed by atoms with Gasteiger partial charge < -0.3 is 9.67 Å². The lowest BCUT2D eigenvalue weighted by Crippen LogP contribution is -2.10. The second kappa shape index (κ2) is 6.81. The Labute approximate surface area is 142 Å². The number of thiazole rings is 1. The smallest absolute Gasteiger partial charge is 0.210 e. The van der Waals surface area contributed by atoms with Crippen molar-refractivity contribution in [2.45, 2.75) is 0 Å². The van der Waals surface area contributed by atoms with Crippen LogP contribution in [0.5, 0.6) is 5.75 Å². The molecule has 4 nitrogen and oxygen atoms in total. The molecule has 3 rings (SSSR count). The molecule has 0 aliphatic carbocycles. The maximum Gasteiger partial charge on any atom is 0.210 e. The van der Waals surface area contributed by atoms with Crippen molar-refractivity contribution in [3.05, 3.63) is 69.3 Å². The van der Waals surface area contributed by atoms with Gasteiger partial charge in [0.2, 0.25) is 4.80 Å². The Kier molecular flexibility index (Phi) is 4.60. The quantitative estimate of drug-likeness (QED) is 0.566. The van der Waals surface area contributed by atoms with E-state index < -0.39 is 0 Å². The van der Waals surface area contributed by atoms with Gasteiger partial charge in [0.25, 0.3) is 0 Å². The number of rotatable bonds is 3. The lowest BCUT2D eigenvalue weighted by Gasteiger charge is -2.02. The summed E-state index contributed by atoms with van der Waals surface area (Å²) in [5.41, 5.74) is 2.73. The molecule has 0 unspecified atom stereocenters. The Morgan fingerprint density at radius 2 is 2.00 bits per heavy atom. The standard InChI is InChI=1S/C17H14ClN3OS/c1-21-16(12-6-4-7-14(22)9-12)11-23-17(21)20-19-10-13-5-2-3-8-15(13)18/h2-11,22H,1H3. The van der Waals surface area contributed by atoms with Crippen LogP contribution >= 0.6 is 22.9 Å². The monoisotopic (exact) mass is 343 g/mol. The zero-order valence-corrected chi connectivity index (χ0v) is 13.9. The summed E-state index contributed by atoms with van der Waals surface area (Å²) in [5, 5.41) is 20.6. The lowest BCUT2D eigenvalue weighted by molar-refractivity contribution is 0.475. The van der Waals surface area contributed by atoms with Crippen LogP contribution in [0.15, 0.2) is 64.1 Å². The maximum atomic E-state index is 9.60. The van der Waals surface area contributed by atoms with Gasteiger partial charge in [-0.1, -0.05) is 41.9 Å². The topological polar surface area (TPSA) is 49.9 Å². The van der Waals surface area contributed by atoms with E-state index in [-0.39, 0.29) is 5.75 Å². The number of aromatic nitrogens is 1. The molecule has 0 fully saturated rings. The third kappa shape index (κ3) is 3.52. The van der Waals surface area contributed by atoms with Crippen molar-refractivity contribution in [3.8, 4) is 17.0 Å². The van der Waals surface area contributed by atoms with E-state index >= 15 is 0 Å². The molecule has 6 heteroatoms. The molecule has 0 aliphatic rings. The first kappa shape index (κ1) is 15.5. The molecule has 3 aromatic rings. The molecule has 0 radical (unpaired) electrons. The fourth-order valence-corrected chi connectivity index (χ4v) is 3.15. The number of phenols is 1. The van der Waals surface area contributed by atoms with Crippen LogP contribution in [0.1, 0.15) is 5.56 Å². The largest absolute Gasteiger partial charge is 0.508 e. The van der Waals surface area contributed by atoms with Gasteiger partial charge in [0.1, 0.15) is 5.75 Å². The molecule has 0 spiro atoms. The molecule has 0 aliphatic heterocycles. The number of nitrogens with zero attached hydrogens (tertiary/aromatic N) is 3. The number of halogens is 1. The van der Waals surface area contributed by atoms with Gasteiger partial charge in [-0.05, 0) is 18.2 Å². The summed E-state index contributed by atoms with van der Waals surface area (Å²) in [5.74, 6) is 0.240. The second-order valence-corrected chi connectivity index (χ2v) is 6.12. The molecule has 2 aromatic carbocycles. The zero-order chi connectivity index (χ0) is 16.2. The third-order valence-electron chi connectivity index (χ3n) is 3.31. The van der Waals surface area contributed by atoms with Crippen LogP contribution in [0.25, 0.3) is 11.3 Å². The van der Waals surface area contributed by atoms with Crippen molar-refractivity contribution in [1.29, 1.82) is 0 Å². The van der Waals surface area contributed by atoms with E-state index in [1.54, 1.807) is 18.3 Å². The number of hydrogen-bond acceptors (Lipinski definition) is 4. The van der Waals surface area contributed by atoms with E-state index in [1.165, 1.54) is 11.3 Å². The van der Waals surface area contributed by atoms with E-state index in [4.69, 9.17) is 11.6 Å². The van der Waals surface area contributed by atoms with Gasteiger partial charge in [-0.15, -0.1) is 16.4 Å². The van der Waals surface area contributed by atoms with Gasteiger partial charge >= 0.3 is 0 Å². The summed E-state index contributed by atoms with van der Waals surface area (Å²) in [6.45, 7) is 0. The third-order valence-corrected chi connectivity index (χ3v) is 4.56. The van der Waals surface area contributed by atoms with Crippen molar-refractivity contribution in [2.75, 3.05) is 0 Å².